The number of hydrogen-bond acceptors (Lipinski definition) is 2. The van der Waals surface area contributed by atoms with Crippen LogP contribution in [0.4, 0.5) is 4.39 Å². The van der Waals surface area contributed by atoms with Crippen molar-refractivity contribution < 1.29 is 14.0 Å². The van der Waals surface area contributed by atoms with Crippen LogP contribution in [0.1, 0.15) is 20.7 Å². The van der Waals surface area contributed by atoms with Gasteiger partial charge in [-0.2, -0.15) is 0 Å². The number of hydrogen-bond donors (Lipinski definition) is 0. The summed E-state index contributed by atoms with van der Waals surface area (Å²) in [6.45, 7) is 0. The predicted octanol–water partition coefficient (Wildman–Crippen LogP) is 2.76. The second-order valence-corrected chi connectivity index (χ2v) is 2.98. The second-order valence-electron chi connectivity index (χ2n) is 2.22. The van der Waals surface area contributed by atoms with Crippen LogP contribution in [-0.2, 0) is 0 Å². The molecule has 2 nitrogen and oxygen atoms in total. The molecule has 0 amide bonds. The molecule has 1 rings (SSSR count). The van der Waals surface area contributed by atoms with E-state index in [1.54, 1.807) is 0 Å². The minimum absolute atomic E-state index is 0.0743. The van der Waals surface area contributed by atoms with E-state index >= 15 is 0 Å². The molecule has 68 valence electrons. The number of aldehydes is 2. The zero-order valence-corrected chi connectivity index (χ0v) is 7.69. The molecule has 0 saturated carbocycles. The minimum Gasteiger partial charge on any atom is -0.298 e. The van der Waals surface area contributed by atoms with Gasteiger partial charge in [0.1, 0.15) is 5.82 Å². The van der Waals surface area contributed by atoms with Crippen molar-refractivity contribution in [2.24, 2.45) is 0 Å². The maximum atomic E-state index is 12.9. The molecule has 0 atom stereocenters. The van der Waals surface area contributed by atoms with Crippen molar-refractivity contribution in [1.29, 1.82) is 0 Å². The molecule has 5 heteroatoms. The van der Waals surface area contributed by atoms with Gasteiger partial charge in [-0.05, 0) is 6.07 Å². The molecule has 13 heavy (non-hydrogen) atoms. The molecule has 0 radical (unpaired) electrons. The highest BCUT2D eigenvalue weighted by Gasteiger charge is 2.14. The summed E-state index contributed by atoms with van der Waals surface area (Å²) in [7, 11) is 0. The van der Waals surface area contributed by atoms with Crippen LogP contribution in [0.25, 0.3) is 0 Å². The maximum absolute atomic E-state index is 12.9. The number of rotatable bonds is 2. The summed E-state index contributed by atoms with van der Waals surface area (Å²) in [4.78, 5) is 20.7. The van der Waals surface area contributed by atoms with Gasteiger partial charge >= 0.3 is 0 Å². The fraction of sp³-hybridized carbons (Fsp3) is 0. The maximum Gasteiger partial charge on any atom is 0.154 e. The molecule has 0 aliphatic rings. The third kappa shape index (κ3) is 1.71. The molecule has 0 aliphatic heterocycles. The first-order valence-corrected chi connectivity index (χ1v) is 3.95. The fourth-order valence-electron chi connectivity index (χ4n) is 0.821. The molecule has 0 saturated heterocycles. The average Bonchev–Trinajstić information content (AvgIpc) is 2.12. The summed E-state index contributed by atoms with van der Waals surface area (Å²) in [6, 6.07) is 0.866. The van der Waals surface area contributed by atoms with E-state index in [1.807, 2.05) is 0 Å². The Balaban J connectivity index is 3.54. The summed E-state index contributed by atoms with van der Waals surface area (Å²) in [6.07, 6.45) is 0.615. The first-order chi connectivity index (χ1) is 6.11. The molecule has 0 heterocycles. The second kappa shape index (κ2) is 3.85. The summed E-state index contributed by atoms with van der Waals surface area (Å²) in [5, 5.41) is -0.348. The Morgan fingerprint density at radius 2 is 1.77 bits per heavy atom. The van der Waals surface area contributed by atoms with E-state index in [9.17, 15) is 14.0 Å². The average molecular weight is 221 g/mol. The zero-order valence-electron chi connectivity index (χ0n) is 6.18. The zero-order chi connectivity index (χ0) is 10.0. The van der Waals surface area contributed by atoms with Crippen molar-refractivity contribution in [2.45, 2.75) is 0 Å². The molecule has 1 aromatic rings. The Morgan fingerprint density at radius 3 is 2.23 bits per heavy atom. The van der Waals surface area contributed by atoms with Crippen molar-refractivity contribution in [1.82, 2.24) is 0 Å². The summed E-state index contributed by atoms with van der Waals surface area (Å²) in [5.41, 5.74) is -0.410. The van der Waals surface area contributed by atoms with E-state index in [1.165, 1.54) is 0 Å². The van der Waals surface area contributed by atoms with Gasteiger partial charge in [-0.25, -0.2) is 4.39 Å². The Kier molecular flexibility index (Phi) is 3.01. The van der Waals surface area contributed by atoms with Gasteiger partial charge in [-0.3, -0.25) is 9.59 Å². The van der Waals surface area contributed by atoms with Gasteiger partial charge in [0.2, 0.25) is 0 Å². The highest BCUT2D eigenvalue weighted by atomic mass is 35.5. The van der Waals surface area contributed by atoms with E-state index in [0.717, 1.165) is 6.07 Å². The number of carbonyl (C=O) groups is 2. The van der Waals surface area contributed by atoms with Crippen molar-refractivity contribution in [2.75, 3.05) is 0 Å². The molecular formula is C8H3Cl2FO2. The molecule has 0 N–H and O–H groups in total. The van der Waals surface area contributed by atoms with E-state index in [-0.39, 0.29) is 27.5 Å². The first-order valence-electron chi connectivity index (χ1n) is 3.19. The van der Waals surface area contributed by atoms with Crippen molar-refractivity contribution in [3.63, 3.8) is 0 Å². The van der Waals surface area contributed by atoms with E-state index < -0.39 is 5.82 Å². The van der Waals surface area contributed by atoms with Gasteiger partial charge in [0.25, 0.3) is 0 Å². The van der Waals surface area contributed by atoms with Gasteiger partial charge in [-0.1, -0.05) is 23.2 Å². The van der Waals surface area contributed by atoms with Crippen molar-refractivity contribution in [3.05, 3.63) is 33.1 Å². The lowest BCUT2D eigenvalue weighted by molar-refractivity contribution is 0.111. The number of benzene rings is 1. The molecule has 0 spiro atoms. The van der Waals surface area contributed by atoms with Crippen molar-refractivity contribution in [3.8, 4) is 0 Å². The summed E-state index contributed by atoms with van der Waals surface area (Å²) in [5.74, 6) is -0.855. The fourth-order valence-corrected chi connectivity index (χ4v) is 1.27. The monoisotopic (exact) mass is 220 g/mol. The third-order valence-corrected chi connectivity index (χ3v) is 2.36. The summed E-state index contributed by atoms with van der Waals surface area (Å²) >= 11 is 11.1. The highest BCUT2D eigenvalue weighted by molar-refractivity contribution is 6.44. The van der Waals surface area contributed by atoms with Crippen LogP contribution >= 0.6 is 23.2 Å². The minimum atomic E-state index is -0.855. The Labute approximate surface area is 83.3 Å². The van der Waals surface area contributed by atoms with Crippen molar-refractivity contribution >= 4 is 35.8 Å². The van der Waals surface area contributed by atoms with Crippen LogP contribution in [0.2, 0.25) is 10.0 Å². The lowest BCUT2D eigenvalue weighted by atomic mass is 10.1. The quantitative estimate of drug-likeness (QED) is 0.568. The lowest BCUT2D eigenvalue weighted by Crippen LogP contribution is -1.94. The normalized spacial score (nSPS) is 9.77. The predicted molar refractivity (Wildman–Crippen MR) is 47.2 cm³/mol. The number of halogens is 3. The van der Waals surface area contributed by atoms with Crippen LogP contribution in [0.3, 0.4) is 0 Å². The standard InChI is InChI=1S/C8H3Cl2FO2/c9-7-4(2-12)1-6(11)5(3-13)8(7)10/h1-3H. The molecule has 0 bridgehead atoms. The molecule has 1 aromatic carbocycles. The van der Waals surface area contributed by atoms with Gasteiger partial charge in [0.15, 0.2) is 12.6 Å². The van der Waals surface area contributed by atoms with E-state index in [0.29, 0.717) is 6.29 Å². The van der Waals surface area contributed by atoms with Gasteiger partial charge in [0, 0.05) is 5.56 Å². The molecule has 0 aliphatic carbocycles. The Bertz CT molecular complexity index is 377. The smallest absolute Gasteiger partial charge is 0.154 e. The van der Waals surface area contributed by atoms with E-state index in [4.69, 9.17) is 23.2 Å². The van der Waals surface area contributed by atoms with E-state index in [2.05, 4.69) is 0 Å². The molecule has 0 fully saturated rings. The third-order valence-electron chi connectivity index (χ3n) is 1.47. The topological polar surface area (TPSA) is 34.1 Å². The Hall–Kier alpha value is -0.930. The highest BCUT2D eigenvalue weighted by Crippen LogP contribution is 2.29. The van der Waals surface area contributed by atoms with Crippen LogP contribution in [0, 0.1) is 5.82 Å². The van der Waals surface area contributed by atoms with Crippen LogP contribution in [0.5, 0.6) is 0 Å². The molecule has 0 unspecified atom stereocenters. The van der Waals surface area contributed by atoms with Gasteiger partial charge < -0.3 is 0 Å². The Morgan fingerprint density at radius 1 is 1.15 bits per heavy atom. The lowest BCUT2D eigenvalue weighted by Gasteiger charge is -2.02. The largest absolute Gasteiger partial charge is 0.298 e. The first kappa shape index (κ1) is 10.2. The van der Waals surface area contributed by atoms with Crippen LogP contribution < -0.4 is 0 Å². The van der Waals surface area contributed by atoms with Gasteiger partial charge in [-0.15, -0.1) is 0 Å². The summed E-state index contributed by atoms with van der Waals surface area (Å²) < 4.78 is 12.9. The molecular weight excluding hydrogens is 218 g/mol. The van der Waals surface area contributed by atoms with Crippen LogP contribution in [-0.4, -0.2) is 12.6 Å². The SMILES string of the molecule is O=Cc1cc(F)c(C=O)c(Cl)c1Cl. The molecule has 0 aromatic heterocycles. The van der Waals surface area contributed by atoms with Crippen LogP contribution in [0.15, 0.2) is 6.07 Å². The number of carbonyl (C=O) groups excluding carboxylic acids is 2. The van der Waals surface area contributed by atoms with Gasteiger partial charge in [0.05, 0.1) is 15.6 Å².